The summed E-state index contributed by atoms with van der Waals surface area (Å²) in [5.41, 5.74) is 0.107. The fourth-order valence-corrected chi connectivity index (χ4v) is 6.05. The Morgan fingerprint density at radius 3 is 2.34 bits per heavy atom. The van der Waals surface area contributed by atoms with Crippen molar-refractivity contribution in [1.82, 2.24) is 14.9 Å². The van der Waals surface area contributed by atoms with Crippen LogP contribution in [0.5, 0.6) is 0 Å². The van der Waals surface area contributed by atoms with Crippen LogP contribution in [0.4, 0.5) is 23.5 Å². The Morgan fingerprint density at radius 1 is 1.11 bits per heavy atom. The van der Waals surface area contributed by atoms with Crippen molar-refractivity contribution >= 4 is 21.7 Å². The summed E-state index contributed by atoms with van der Waals surface area (Å²) in [5.74, 6) is -1.26. The average molecular weight is 515 g/mol. The Bertz CT molecular complexity index is 1170. The summed E-state index contributed by atoms with van der Waals surface area (Å²) in [6.45, 7) is 2.40. The molecular formula is C23H26F4N4O3S. The van der Waals surface area contributed by atoms with Crippen LogP contribution in [0, 0.1) is 11.7 Å². The number of carbonyl (C=O) groups excluding carboxylic acids is 1. The van der Waals surface area contributed by atoms with E-state index in [2.05, 4.69) is 9.97 Å². The van der Waals surface area contributed by atoms with Gasteiger partial charge < -0.3 is 9.80 Å². The molecule has 1 unspecified atom stereocenters. The zero-order valence-electron chi connectivity index (χ0n) is 19.1. The Labute approximate surface area is 201 Å². The highest BCUT2D eigenvalue weighted by atomic mass is 32.2. The molecule has 0 spiro atoms. The van der Waals surface area contributed by atoms with E-state index in [0.717, 1.165) is 5.56 Å². The predicted molar refractivity (Wildman–Crippen MR) is 121 cm³/mol. The molecule has 2 aromatic rings. The lowest BCUT2D eigenvalue weighted by Gasteiger charge is -2.43. The van der Waals surface area contributed by atoms with Gasteiger partial charge in [-0.25, -0.2) is 22.8 Å². The summed E-state index contributed by atoms with van der Waals surface area (Å²) in [7, 11) is -3.15. The highest BCUT2D eigenvalue weighted by Crippen LogP contribution is 2.34. The Hall–Kier alpha value is -2.76. The van der Waals surface area contributed by atoms with E-state index in [4.69, 9.17) is 0 Å². The molecule has 0 saturated carbocycles. The van der Waals surface area contributed by atoms with Crippen molar-refractivity contribution in [2.45, 2.75) is 38.4 Å². The lowest BCUT2D eigenvalue weighted by molar-refractivity contribution is -0.139. The van der Waals surface area contributed by atoms with E-state index in [1.807, 2.05) is 6.92 Å². The highest BCUT2D eigenvalue weighted by molar-refractivity contribution is 7.91. The molecule has 0 radical (unpaired) electrons. The first kappa shape index (κ1) is 25.3. The van der Waals surface area contributed by atoms with Crippen LogP contribution in [0.1, 0.15) is 42.5 Å². The Balaban J connectivity index is 1.62. The molecule has 0 N–H and O–H groups in total. The number of alkyl halides is 3. The third-order valence-electron chi connectivity index (χ3n) is 6.65. The second-order valence-electron chi connectivity index (χ2n) is 8.90. The lowest BCUT2D eigenvalue weighted by Crippen LogP contribution is -2.53. The largest absolute Gasteiger partial charge is 0.419 e. The molecule has 2 aliphatic rings. The van der Waals surface area contributed by atoms with Crippen LogP contribution in [-0.2, 0) is 27.2 Å². The highest BCUT2D eigenvalue weighted by Gasteiger charge is 2.39. The van der Waals surface area contributed by atoms with Crippen LogP contribution in [0.15, 0.2) is 30.6 Å². The molecule has 1 amide bonds. The molecule has 3 heterocycles. The smallest absolute Gasteiger partial charge is 0.337 e. The molecule has 7 nitrogen and oxygen atoms in total. The number of piperazine rings is 1. The monoisotopic (exact) mass is 514 g/mol. The number of aryl methyl sites for hydroxylation is 1. The second kappa shape index (κ2) is 9.71. The van der Waals surface area contributed by atoms with Crippen LogP contribution in [0.3, 0.4) is 0 Å². The molecule has 0 aliphatic carbocycles. The predicted octanol–water partition coefficient (Wildman–Crippen LogP) is 3.41. The van der Waals surface area contributed by atoms with E-state index in [1.54, 1.807) is 21.9 Å². The van der Waals surface area contributed by atoms with Gasteiger partial charge in [0.05, 0.1) is 23.1 Å². The lowest BCUT2D eigenvalue weighted by atomic mass is 9.95. The topological polar surface area (TPSA) is 83.5 Å². The zero-order valence-corrected chi connectivity index (χ0v) is 19.9. The van der Waals surface area contributed by atoms with Crippen LogP contribution < -0.4 is 4.90 Å². The van der Waals surface area contributed by atoms with Gasteiger partial charge in [-0.05, 0) is 30.9 Å². The van der Waals surface area contributed by atoms with E-state index in [1.165, 1.54) is 6.07 Å². The molecule has 2 aliphatic heterocycles. The van der Waals surface area contributed by atoms with E-state index < -0.39 is 39.4 Å². The maximum atomic E-state index is 15.1. The molecule has 2 saturated heterocycles. The van der Waals surface area contributed by atoms with Gasteiger partial charge in [0.25, 0.3) is 0 Å². The fraction of sp³-hybridized carbons (Fsp3) is 0.522. The number of hydrogen-bond donors (Lipinski definition) is 0. The van der Waals surface area contributed by atoms with Gasteiger partial charge in [-0.1, -0.05) is 19.1 Å². The molecule has 12 heteroatoms. The first-order valence-corrected chi connectivity index (χ1v) is 13.2. The number of hydrogen-bond acceptors (Lipinski definition) is 6. The van der Waals surface area contributed by atoms with Gasteiger partial charge in [-0.2, -0.15) is 13.2 Å². The third-order valence-corrected chi connectivity index (χ3v) is 8.36. The second-order valence-corrected chi connectivity index (χ2v) is 11.2. The van der Waals surface area contributed by atoms with Crippen LogP contribution in [0.25, 0.3) is 0 Å². The zero-order chi connectivity index (χ0) is 25.4. The normalized spacial score (nSPS) is 21.2. The Morgan fingerprint density at radius 2 is 1.77 bits per heavy atom. The number of benzene rings is 1. The summed E-state index contributed by atoms with van der Waals surface area (Å²) in [5, 5.41) is 0. The fourth-order valence-electron chi connectivity index (χ4n) is 4.56. The van der Waals surface area contributed by atoms with Gasteiger partial charge in [0.1, 0.15) is 15.7 Å². The summed E-state index contributed by atoms with van der Waals surface area (Å²) in [4.78, 5) is 24.3. The van der Waals surface area contributed by atoms with Crippen molar-refractivity contribution in [3.05, 3.63) is 53.1 Å². The first-order chi connectivity index (χ1) is 16.5. The van der Waals surface area contributed by atoms with Gasteiger partial charge in [-0.15, -0.1) is 0 Å². The van der Waals surface area contributed by atoms with Crippen molar-refractivity contribution in [3.8, 4) is 0 Å². The SMILES string of the molecule is CCc1ccc(C2CN(c3ncc(C(F)(F)F)cn3)CCN2C(=O)C2CCS(=O)(=O)CC2)c(F)c1. The summed E-state index contributed by atoms with van der Waals surface area (Å²) < 4.78 is 77.4. The molecule has 1 atom stereocenters. The molecular weight excluding hydrogens is 488 g/mol. The van der Waals surface area contributed by atoms with Gasteiger partial charge in [0.15, 0.2) is 0 Å². The number of aromatic nitrogens is 2. The number of rotatable bonds is 4. The summed E-state index contributed by atoms with van der Waals surface area (Å²) in [6, 6.07) is 4.09. The molecule has 1 aromatic carbocycles. The van der Waals surface area contributed by atoms with Gasteiger partial charge in [-0.3, -0.25) is 4.79 Å². The molecule has 4 rings (SSSR count). The van der Waals surface area contributed by atoms with Crippen LogP contribution >= 0.6 is 0 Å². The van der Waals surface area contributed by atoms with E-state index >= 15 is 4.39 Å². The minimum Gasteiger partial charge on any atom is -0.337 e. The quantitative estimate of drug-likeness (QED) is 0.582. The van der Waals surface area contributed by atoms with Gasteiger partial charge >= 0.3 is 6.18 Å². The number of sulfone groups is 1. The molecule has 0 bridgehead atoms. The number of nitrogens with zero attached hydrogens (tertiary/aromatic N) is 4. The minimum atomic E-state index is -4.57. The third kappa shape index (κ3) is 5.57. The van der Waals surface area contributed by atoms with Gasteiger partial charge in [0.2, 0.25) is 11.9 Å². The van der Waals surface area contributed by atoms with Crippen molar-refractivity contribution in [2.75, 3.05) is 36.0 Å². The number of halogens is 4. The van der Waals surface area contributed by atoms with Crippen LogP contribution in [-0.4, -0.2) is 60.3 Å². The summed E-state index contributed by atoms with van der Waals surface area (Å²) in [6.07, 6.45) is -2.10. The van der Waals surface area contributed by atoms with Gasteiger partial charge in [0, 0.05) is 43.5 Å². The number of anilines is 1. The average Bonchev–Trinajstić information content (AvgIpc) is 2.83. The van der Waals surface area contributed by atoms with E-state index in [9.17, 15) is 26.4 Å². The van der Waals surface area contributed by atoms with Crippen molar-refractivity contribution in [2.24, 2.45) is 5.92 Å². The molecule has 35 heavy (non-hydrogen) atoms. The Kier molecular flexibility index (Phi) is 7.03. The maximum absolute atomic E-state index is 15.1. The van der Waals surface area contributed by atoms with E-state index in [0.29, 0.717) is 18.8 Å². The standard InChI is InChI=1S/C23H26F4N4O3S/c1-2-15-3-4-18(19(24)11-15)20-14-30(22-28-12-17(13-29-22)23(25,26)27)7-8-31(20)21(32)16-5-9-35(33,34)10-6-16/h3-4,11-13,16,20H,2,5-10,14H2,1H3. The number of carbonyl (C=O) groups is 1. The molecule has 2 fully saturated rings. The number of amides is 1. The van der Waals surface area contributed by atoms with Crippen LogP contribution in [0.2, 0.25) is 0 Å². The summed E-state index contributed by atoms with van der Waals surface area (Å²) >= 11 is 0. The molecule has 1 aromatic heterocycles. The van der Waals surface area contributed by atoms with Crippen molar-refractivity contribution in [1.29, 1.82) is 0 Å². The first-order valence-electron chi connectivity index (χ1n) is 11.4. The minimum absolute atomic E-state index is 0.0597. The van der Waals surface area contributed by atoms with E-state index in [-0.39, 0.29) is 61.4 Å². The maximum Gasteiger partial charge on any atom is 0.419 e. The molecule has 190 valence electrons. The van der Waals surface area contributed by atoms with Crippen molar-refractivity contribution < 1.29 is 30.8 Å². The van der Waals surface area contributed by atoms with Crippen molar-refractivity contribution in [3.63, 3.8) is 0 Å².